The highest BCUT2D eigenvalue weighted by atomic mass is 19.2. The quantitative estimate of drug-likeness (QED) is 0.862. The van der Waals surface area contributed by atoms with Gasteiger partial charge in [-0.15, -0.1) is 0 Å². The van der Waals surface area contributed by atoms with E-state index in [1.54, 1.807) is 0 Å². The normalized spacial score (nSPS) is 10.2. The number of benzene rings is 1. The summed E-state index contributed by atoms with van der Waals surface area (Å²) in [5.74, 6) is -3.16. The van der Waals surface area contributed by atoms with Gasteiger partial charge in [0.1, 0.15) is 0 Å². The first-order chi connectivity index (χ1) is 9.08. The van der Waals surface area contributed by atoms with E-state index in [-0.39, 0.29) is 17.9 Å². The fraction of sp³-hybridized carbons (Fsp3) is 0.0769. The average molecular weight is 265 g/mol. The lowest BCUT2D eigenvalue weighted by Crippen LogP contribution is -2.29. The molecule has 19 heavy (non-hydrogen) atoms. The highest BCUT2D eigenvalue weighted by Gasteiger charge is 2.13. The number of halogens is 2. The molecule has 1 aromatic carbocycles. The summed E-state index contributed by atoms with van der Waals surface area (Å²) in [4.78, 5) is 23.1. The van der Waals surface area contributed by atoms with Crippen LogP contribution in [0.5, 0.6) is 0 Å². The van der Waals surface area contributed by atoms with Gasteiger partial charge in [-0.1, -0.05) is 0 Å². The van der Waals surface area contributed by atoms with Gasteiger partial charge >= 0.3 is 0 Å². The van der Waals surface area contributed by atoms with Crippen LogP contribution < -0.4 is 5.32 Å². The minimum absolute atomic E-state index is 0.0151. The molecule has 98 valence electrons. The number of Topliss-reactive ketones (excluding diaryl/α,β-unsaturated/α-hetero) is 1. The summed E-state index contributed by atoms with van der Waals surface area (Å²) in [6.07, 6.45) is 1.33. The predicted octanol–water partition coefficient (Wildman–Crippen LogP) is 2.17. The molecule has 1 N–H and O–H groups in total. The van der Waals surface area contributed by atoms with Crippen LogP contribution in [0, 0.1) is 11.6 Å². The standard InChI is InChI=1S/C13H9F2NO3/c14-9-4-3-8(6-10(9)15)11(17)7-16-13(18)12-2-1-5-19-12/h1-6H,7H2,(H,16,18). The first-order valence-corrected chi connectivity index (χ1v) is 5.38. The molecule has 2 rings (SSSR count). The van der Waals surface area contributed by atoms with Crippen molar-refractivity contribution in [2.45, 2.75) is 0 Å². The lowest BCUT2D eigenvalue weighted by Gasteiger charge is -2.03. The summed E-state index contributed by atoms with van der Waals surface area (Å²) in [6, 6.07) is 5.77. The van der Waals surface area contributed by atoms with E-state index in [0.29, 0.717) is 0 Å². The van der Waals surface area contributed by atoms with Crippen molar-refractivity contribution >= 4 is 11.7 Å². The third-order valence-electron chi connectivity index (χ3n) is 2.40. The van der Waals surface area contributed by atoms with Gasteiger partial charge in [0.25, 0.3) is 5.91 Å². The molecule has 0 saturated carbocycles. The van der Waals surface area contributed by atoms with Crippen LogP contribution in [0.1, 0.15) is 20.9 Å². The van der Waals surface area contributed by atoms with Gasteiger partial charge in [0, 0.05) is 5.56 Å². The van der Waals surface area contributed by atoms with E-state index in [2.05, 4.69) is 5.32 Å². The average Bonchev–Trinajstić information content (AvgIpc) is 2.92. The van der Waals surface area contributed by atoms with Crippen LogP contribution in [-0.4, -0.2) is 18.2 Å². The van der Waals surface area contributed by atoms with Crippen LogP contribution in [0.15, 0.2) is 41.0 Å². The van der Waals surface area contributed by atoms with Gasteiger partial charge in [-0.2, -0.15) is 0 Å². The van der Waals surface area contributed by atoms with Crippen molar-refractivity contribution in [2.75, 3.05) is 6.54 Å². The second-order valence-electron chi connectivity index (χ2n) is 3.71. The van der Waals surface area contributed by atoms with Crippen molar-refractivity contribution in [3.63, 3.8) is 0 Å². The number of nitrogens with one attached hydrogen (secondary N) is 1. The maximum Gasteiger partial charge on any atom is 0.287 e. The highest BCUT2D eigenvalue weighted by Crippen LogP contribution is 2.09. The van der Waals surface area contributed by atoms with Crippen molar-refractivity contribution in [3.8, 4) is 0 Å². The molecule has 0 bridgehead atoms. The minimum atomic E-state index is -1.11. The molecule has 4 nitrogen and oxygen atoms in total. The van der Waals surface area contributed by atoms with Crippen LogP contribution in [0.2, 0.25) is 0 Å². The molecule has 2 aromatic rings. The molecule has 0 aliphatic carbocycles. The summed E-state index contributed by atoms with van der Waals surface area (Å²) < 4.78 is 30.5. The number of hydrogen-bond donors (Lipinski definition) is 1. The maximum atomic E-state index is 12.9. The number of furan rings is 1. The number of ketones is 1. The van der Waals surface area contributed by atoms with Gasteiger partial charge in [0.15, 0.2) is 23.2 Å². The SMILES string of the molecule is O=C(CNC(=O)c1ccco1)c1ccc(F)c(F)c1. The van der Waals surface area contributed by atoms with E-state index in [1.165, 1.54) is 18.4 Å². The number of carbonyl (C=O) groups excluding carboxylic acids is 2. The Hall–Kier alpha value is -2.50. The third-order valence-corrected chi connectivity index (χ3v) is 2.40. The smallest absolute Gasteiger partial charge is 0.287 e. The third kappa shape index (κ3) is 3.04. The lowest BCUT2D eigenvalue weighted by atomic mass is 10.1. The molecule has 1 amide bonds. The van der Waals surface area contributed by atoms with Gasteiger partial charge in [0.2, 0.25) is 0 Å². The van der Waals surface area contributed by atoms with Crippen molar-refractivity contribution in [1.82, 2.24) is 5.32 Å². The zero-order valence-corrected chi connectivity index (χ0v) is 9.65. The highest BCUT2D eigenvalue weighted by molar-refractivity contribution is 6.01. The second-order valence-corrected chi connectivity index (χ2v) is 3.71. The molecule has 0 unspecified atom stereocenters. The van der Waals surface area contributed by atoms with E-state index in [1.807, 2.05) is 0 Å². The fourth-order valence-electron chi connectivity index (χ4n) is 1.43. The Morgan fingerprint density at radius 2 is 1.95 bits per heavy atom. The molecule has 6 heteroatoms. The van der Waals surface area contributed by atoms with Crippen LogP contribution in [0.3, 0.4) is 0 Å². The van der Waals surface area contributed by atoms with Crippen molar-refractivity contribution in [2.24, 2.45) is 0 Å². The first kappa shape index (κ1) is 12.9. The van der Waals surface area contributed by atoms with Crippen LogP contribution in [0.4, 0.5) is 8.78 Å². The summed E-state index contributed by atoms with van der Waals surface area (Å²) in [6.45, 7) is -0.329. The molecule has 0 aliphatic rings. The van der Waals surface area contributed by atoms with Crippen LogP contribution in [0.25, 0.3) is 0 Å². The number of amides is 1. The van der Waals surface area contributed by atoms with Gasteiger partial charge < -0.3 is 9.73 Å². The summed E-state index contributed by atoms with van der Waals surface area (Å²) in [5, 5.41) is 2.32. The van der Waals surface area contributed by atoms with Crippen LogP contribution in [-0.2, 0) is 0 Å². The Bertz CT molecular complexity index is 608. The summed E-state index contributed by atoms with van der Waals surface area (Å²) >= 11 is 0. The van der Waals surface area contributed by atoms with Gasteiger partial charge in [-0.05, 0) is 30.3 Å². The second kappa shape index (κ2) is 5.43. The maximum absolute atomic E-state index is 12.9. The molecule has 1 heterocycles. The zero-order valence-electron chi connectivity index (χ0n) is 9.65. The molecule has 0 spiro atoms. The molecular formula is C13H9F2NO3. The Kier molecular flexibility index (Phi) is 3.70. The Balaban J connectivity index is 1.98. The minimum Gasteiger partial charge on any atom is -0.459 e. The largest absolute Gasteiger partial charge is 0.459 e. The predicted molar refractivity (Wildman–Crippen MR) is 61.7 cm³/mol. The van der Waals surface area contributed by atoms with Crippen molar-refractivity contribution in [3.05, 3.63) is 59.6 Å². The fourth-order valence-corrected chi connectivity index (χ4v) is 1.43. The monoisotopic (exact) mass is 265 g/mol. The molecule has 1 aromatic heterocycles. The van der Waals surface area contributed by atoms with Crippen molar-refractivity contribution < 1.29 is 22.8 Å². The molecule has 0 saturated heterocycles. The first-order valence-electron chi connectivity index (χ1n) is 5.38. The Morgan fingerprint density at radius 3 is 2.58 bits per heavy atom. The molecule has 0 atom stereocenters. The van der Waals surface area contributed by atoms with E-state index in [9.17, 15) is 18.4 Å². The van der Waals surface area contributed by atoms with Gasteiger partial charge in [0.05, 0.1) is 12.8 Å². The van der Waals surface area contributed by atoms with E-state index in [0.717, 1.165) is 18.2 Å². The van der Waals surface area contributed by atoms with Gasteiger partial charge in [-0.3, -0.25) is 9.59 Å². The topological polar surface area (TPSA) is 59.3 Å². The van der Waals surface area contributed by atoms with Crippen LogP contribution >= 0.6 is 0 Å². The zero-order chi connectivity index (χ0) is 13.8. The molecule has 0 fully saturated rings. The lowest BCUT2D eigenvalue weighted by molar-refractivity contribution is 0.0885. The van der Waals surface area contributed by atoms with E-state index >= 15 is 0 Å². The number of carbonyl (C=O) groups is 2. The Labute approximate surface area is 107 Å². The number of hydrogen-bond acceptors (Lipinski definition) is 3. The van der Waals surface area contributed by atoms with Gasteiger partial charge in [-0.25, -0.2) is 8.78 Å². The summed E-state index contributed by atoms with van der Waals surface area (Å²) in [5.41, 5.74) is -0.0151. The Morgan fingerprint density at radius 1 is 1.16 bits per heavy atom. The van der Waals surface area contributed by atoms with E-state index < -0.39 is 23.3 Å². The summed E-state index contributed by atoms with van der Waals surface area (Å²) in [7, 11) is 0. The molecule has 0 aliphatic heterocycles. The number of rotatable bonds is 4. The molecular weight excluding hydrogens is 256 g/mol. The molecule has 0 radical (unpaired) electrons. The van der Waals surface area contributed by atoms with Crippen molar-refractivity contribution in [1.29, 1.82) is 0 Å². The van der Waals surface area contributed by atoms with E-state index in [4.69, 9.17) is 4.42 Å².